The Morgan fingerprint density at radius 1 is 1.39 bits per heavy atom. The van der Waals surface area contributed by atoms with Gasteiger partial charge in [-0.05, 0) is 59.2 Å². The predicted octanol–water partition coefficient (Wildman–Crippen LogP) is 3.73. The SMILES string of the molecule is CCOC(=O)N1CCc2c(sc3c2C(=O)NC(c2ccc(OC)c(I)c2)N3)C1. The number of anilines is 1. The van der Waals surface area contributed by atoms with E-state index in [0.717, 1.165) is 30.3 Å². The Balaban J connectivity index is 1.59. The Morgan fingerprint density at radius 2 is 2.21 bits per heavy atom. The summed E-state index contributed by atoms with van der Waals surface area (Å²) >= 11 is 3.76. The quantitative estimate of drug-likeness (QED) is 0.612. The van der Waals surface area contributed by atoms with Crippen molar-refractivity contribution in [2.75, 3.05) is 25.6 Å². The van der Waals surface area contributed by atoms with E-state index in [2.05, 4.69) is 33.2 Å². The molecule has 28 heavy (non-hydrogen) atoms. The number of carbonyl (C=O) groups excluding carboxylic acids is 2. The van der Waals surface area contributed by atoms with Crippen LogP contribution in [0.5, 0.6) is 5.75 Å². The molecule has 1 unspecified atom stereocenters. The molecule has 0 radical (unpaired) electrons. The van der Waals surface area contributed by atoms with E-state index in [1.807, 2.05) is 18.2 Å². The van der Waals surface area contributed by atoms with Crippen LogP contribution in [0.4, 0.5) is 9.80 Å². The van der Waals surface area contributed by atoms with E-state index in [1.54, 1.807) is 30.3 Å². The van der Waals surface area contributed by atoms with Gasteiger partial charge in [-0.25, -0.2) is 4.79 Å². The molecule has 0 fully saturated rings. The van der Waals surface area contributed by atoms with Crippen LogP contribution in [0.15, 0.2) is 18.2 Å². The zero-order valence-corrected chi connectivity index (χ0v) is 18.5. The number of fused-ring (bicyclic) bond motifs is 3. The summed E-state index contributed by atoms with van der Waals surface area (Å²) in [4.78, 5) is 27.6. The minimum absolute atomic E-state index is 0.0772. The standard InChI is InChI=1S/C19H20IN3O4S/c1-3-27-19(25)23-7-6-11-14(9-23)28-18-15(11)17(24)21-16(22-18)10-4-5-13(26-2)12(20)8-10/h4-5,8,16,22H,3,6-7,9H2,1-2H3,(H,21,24). The molecule has 1 aromatic heterocycles. The zero-order valence-electron chi connectivity index (χ0n) is 15.5. The maximum absolute atomic E-state index is 12.9. The number of rotatable bonds is 3. The van der Waals surface area contributed by atoms with Gasteiger partial charge in [0.05, 0.1) is 29.4 Å². The molecule has 2 aliphatic rings. The van der Waals surface area contributed by atoms with Crippen LogP contribution in [-0.4, -0.2) is 37.2 Å². The number of halogens is 1. The molecule has 2 aromatic rings. The summed E-state index contributed by atoms with van der Waals surface area (Å²) in [6.07, 6.45) is 0.0449. The summed E-state index contributed by atoms with van der Waals surface area (Å²) in [6.45, 7) is 3.19. The van der Waals surface area contributed by atoms with Crippen molar-refractivity contribution in [1.29, 1.82) is 0 Å². The number of nitrogens with one attached hydrogen (secondary N) is 2. The first-order valence-corrected chi connectivity index (χ1v) is 10.9. The summed E-state index contributed by atoms with van der Waals surface area (Å²) in [6, 6.07) is 5.84. The van der Waals surface area contributed by atoms with Gasteiger partial charge in [0.2, 0.25) is 0 Å². The van der Waals surface area contributed by atoms with Crippen LogP contribution < -0.4 is 15.4 Å². The number of thiophene rings is 1. The molecule has 148 valence electrons. The minimum Gasteiger partial charge on any atom is -0.496 e. The molecule has 0 saturated carbocycles. The van der Waals surface area contributed by atoms with Crippen LogP contribution in [-0.2, 0) is 17.7 Å². The molecule has 0 aliphatic carbocycles. The second kappa shape index (κ2) is 7.78. The maximum Gasteiger partial charge on any atom is 0.410 e. The van der Waals surface area contributed by atoms with E-state index in [9.17, 15) is 9.59 Å². The van der Waals surface area contributed by atoms with Gasteiger partial charge in [-0.1, -0.05) is 6.07 Å². The van der Waals surface area contributed by atoms with Crippen LogP contribution in [0.1, 0.15) is 39.5 Å². The highest BCUT2D eigenvalue weighted by Crippen LogP contribution is 2.41. The monoisotopic (exact) mass is 513 g/mol. The number of nitrogens with zero attached hydrogens (tertiary/aromatic N) is 1. The Labute approximate surface area is 180 Å². The lowest BCUT2D eigenvalue weighted by Crippen LogP contribution is -2.39. The summed E-state index contributed by atoms with van der Waals surface area (Å²) in [5, 5.41) is 7.35. The molecule has 2 N–H and O–H groups in total. The van der Waals surface area contributed by atoms with E-state index in [-0.39, 0.29) is 18.2 Å². The summed E-state index contributed by atoms with van der Waals surface area (Å²) < 4.78 is 11.4. The molecule has 0 saturated heterocycles. The van der Waals surface area contributed by atoms with Crippen LogP contribution >= 0.6 is 33.9 Å². The van der Waals surface area contributed by atoms with Gasteiger partial charge in [0.25, 0.3) is 5.91 Å². The number of hydrogen-bond acceptors (Lipinski definition) is 6. The molecule has 2 amide bonds. The Kier molecular flexibility index (Phi) is 5.37. The van der Waals surface area contributed by atoms with Crippen molar-refractivity contribution in [3.8, 4) is 5.75 Å². The first-order chi connectivity index (χ1) is 13.5. The lowest BCUT2D eigenvalue weighted by Gasteiger charge is -2.28. The number of benzene rings is 1. The normalized spacial score (nSPS) is 17.9. The van der Waals surface area contributed by atoms with Crippen LogP contribution in [0, 0.1) is 3.57 Å². The van der Waals surface area contributed by atoms with Crippen molar-refractivity contribution in [3.05, 3.63) is 43.3 Å². The van der Waals surface area contributed by atoms with E-state index in [4.69, 9.17) is 9.47 Å². The molecule has 7 nitrogen and oxygen atoms in total. The van der Waals surface area contributed by atoms with Gasteiger partial charge in [-0.3, -0.25) is 4.79 Å². The highest BCUT2D eigenvalue weighted by atomic mass is 127. The second-order valence-corrected chi connectivity index (χ2v) is 8.79. The summed E-state index contributed by atoms with van der Waals surface area (Å²) in [5.41, 5.74) is 2.71. The van der Waals surface area contributed by atoms with Crippen molar-refractivity contribution in [2.45, 2.75) is 26.1 Å². The van der Waals surface area contributed by atoms with E-state index >= 15 is 0 Å². The molecule has 0 bridgehead atoms. The Hall–Kier alpha value is -2.01. The van der Waals surface area contributed by atoms with Gasteiger partial charge in [-0.15, -0.1) is 11.3 Å². The Morgan fingerprint density at radius 3 is 2.93 bits per heavy atom. The van der Waals surface area contributed by atoms with Gasteiger partial charge in [0.1, 0.15) is 16.9 Å². The first kappa shape index (κ1) is 19.3. The number of hydrogen-bond donors (Lipinski definition) is 2. The molecule has 1 atom stereocenters. The summed E-state index contributed by atoms with van der Waals surface area (Å²) in [5.74, 6) is 0.726. The highest BCUT2D eigenvalue weighted by Gasteiger charge is 2.34. The highest BCUT2D eigenvalue weighted by molar-refractivity contribution is 14.1. The lowest BCUT2D eigenvalue weighted by molar-refractivity contribution is 0.0934. The van der Waals surface area contributed by atoms with Gasteiger partial charge < -0.3 is 25.0 Å². The Bertz CT molecular complexity index is 946. The molecule has 9 heteroatoms. The van der Waals surface area contributed by atoms with Crippen molar-refractivity contribution in [3.63, 3.8) is 0 Å². The van der Waals surface area contributed by atoms with Crippen LogP contribution in [0.2, 0.25) is 0 Å². The van der Waals surface area contributed by atoms with Crippen LogP contribution in [0.3, 0.4) is 0 Å². The molecular formula is C19H20IN3O4S. The van der Waals surface area contributed by atoms with Crippen molar-refractivity contribution in [1.82, 2.24) is 10.2 Å². The minimum atomic E-state index is -0.305. The van der Waals surface area contributed by atoms with Crippen molar-refractivity contribution < 1.29 is 19.1 Å². The average molecular weight is 513 g/mol. The molecule has 1 aromatic carbocycles. The zero-order chi connectivity index (χ0) is 19.8. The smallest absolute Gasteiger partial charge is 0.410 e. The summed E-state index contributed by atoms with van der Waals surface area (Å²) in [7, 11) is 1.64. The third-order valence-corrected chi connectivity index (χ3v) is 6.86. The molecule has 3 heterocycles. The van der Waals surface area contributed by atoms with Gasteiger partial charge >= 0.3 is 6.09 Å². The van der Waals surface area contributed by atoms with E-state index in [1.165, 1.54) is 0 Å². The fraction of sp³-hybridized carbons (Fsp3) is 0.368. The molecule has 2 aliphatic heterocycles. The van der Waals surface area contributed by atoms with E-state index < -0.39 is 0 Å². The van der Waals surface area contributed by atoms with Crippen molar-refractivity contribution >= 4 is 50.9 Å². The largest absolute Gasteiger partial charge is 0.496 e. The van der Waals surface area contributed by atoms with Crippen molar-refractivity contribution in [2.24, 2.45) is 0 Å². The molecule has 0 spiro atoms. The third kappa shape index (κ3) is 3.41. The van der Waals surface area contributed by atoms with Gasteiger partial charge in [0, 0.05) is 11.4 Å². The van der Waals surface area contributed by atoms with Crippen LogP contribution in [0.25, 0.3) is 0 Å². The predicted molar refractivity (Wildman–Crippen MR) is 115 cm³/mol. The maximum atomic E-state index is 12.9. The number of ether oxygens (including phenoxy) is 2. The van der Waals surface area contributed by atoms with E-state index in [0.29, 0.717) is 31.7 Å². The van der Waals surface area contributed by atoms with Gasteiger partial charge in [0.15, 0.2) is 0 Å². The topological polar surface area (TPSA) is 79.9 Å². The molecule has 4 rings (SSSR count). The number of amides is 2. The fourth-order valence-corrected chi connectivity index (χ4v) is 5.56. The number of methoxy groups -OCH3 is 1. The third-order valence-electron chi connectivity index (χ3n) is 4.87. The second-order valence-electron chi connectivity index (χ2n) is 6.52. The number of carbonyl (C=O) groups is 2. The lowest BCUT2D eigenvalue weighted by atomic mass is 10.0. The van der Waals surface area contributed by atoms with Gasteiger partial charge in [-0.2, -0.15) is 0 Å². The first-order valence-electron chi connectivity index (χ1n) is 8.98. The average Bonchev–Trinajstić information content (AvgIpc) is 3.06. The fourth-order valence-electron chi connectivity index (χ4n) is 3.52. The molecular weight excluding hydrogens is 493 g/mol.